The minimum Gasteiger partial charge on any atom is -0.545 e. The van der Waals surface area contributed by atoms with Crippen molar-refractivity contribution >= 4 is 17.9 Å². The Morgan fingerprint density at radius 1 is 0.423 bits per heavy atom. The Morgan fingerprint density at radius 3 is 1.13 bits per heavy atom. The normalized spacial score (nSPS) is 13.9. The molecule has 0 rings (SSSR count). The summed E-state index contributed by atoms with van der Waals surface area (Å²) in [5, 5.41) is 11.7. The maximum Gasteiger partial charge on any atom is 0.306 e. The van der Waals surface area contributed by atoms with E-state index < -0.39 is 24.3 Å². The quantitative estimate of drug-likeness (QED) is 0.0195. The summed E-state index contributed by atoms with van der Waals surface area (Å²) in [6.45, 7) is 4.45. The first-order valence-corrected chi connectivity index (χ1v) is 27.3. The number of nitrogens with zero attached hydrogens (tertiary/aromatic N) is 1. The zero-order chi connectivity index (χ0) is 52.0. The molecule has 0 heterocycles. The molecule has 0 N–H and O–H groups in total. The summed E-state index contributed by atoms with van der Waals surface area (Å²) < 4.78 is 22.6. The molecule has 0 fully saturated rings. The number of unbranched alkanes of at least 4 members (excludes halogenated alkanes) is 11. The van der Waals surface area contributed by atoms with Crippen LogP contribution in [-0.2, 0) is 33.3 Å². The summed E-state index contributed by atoms with van der Waals surface area (Å²) in [5.74, 6) is -2.35. The molecule has 2 unspecified atom stereocenters. The number of carboxylic acids is 1. The molecule has 0 saturated carbocycles. The van der Waals surface area contributed by atoms with E-state index in [-0.39, 0.29) is 38.6 Å². The van der Waals surface area contributed by atoms with Crippen LogP contribution in [0.3, 0.4) is 0 Å². The average molecular weight is 986 g/mol. The molecule has 9 nitrogen and oxygen atoms in total. The first kappa shape index (κ1) is 66.4. The highest BCUT2D eigenvalue weighted by Gasteiger charge is 2.22. The second-order valence-corrected chi connectivity index (χ2v) is 18.8. The summed E-state index contributed by atoms with van der Waals surface area (Å²) in [4.78, 5) is 37.2. The number of aliphatic carboxylic acids is 1. The molecule has 0 saturated heterocycles. The molecule has 71 heavy (non-hydrogen) atoms. The van der Waals surface area contributed by atoms with Crippen molar-refractivity contribution in [1.29, 1.82) is 0 Å². The van der Waals surface area contributed by atoms with Gasteiger partial charge in [-0.15, -0.1) is 0 Å². The molecule has 0 amide bonds. The molecular weight excluding hydrogens is 887 g/mol. The second kappa shape index (κ2) is 51.8. The van der Waals surface area contributed by atoms with Gasteiger partial charge in [-0.2, -0.15) is 0 Å². The van der Waals surface area contributed by atoms with Gasteiger partial charge in [0.15, 0.2) is 12.4 Å². The molecule has 400 valence electrons. The van der Waals surface area contributed by atoms with E-state index in [4.69, 9.17) is 18.9 Å². The molecule has 0 bridgehead atoms. The van der Waals surface area contributed by atoms with Crippen LogP contribution in [0.1, 0.15) is 181 Å². The van der Waals surface area contributed by atoms with Gasteiger partial charge in [0, 0.05) is 12.8 Å². The predicted molar refractivity (Wildman–Crippen MR) is 296 cm³/mol. The van der Waals surface area contributed by atoms with Gasteiger partial charge in [-0.05, 0) is 109 Å². The van der Waals surface area contributed by atoms with Gasteiger partial charge in [0.1, 0.15) is 13.2 Å². The molecule has 0 spiro atoms. The van der Waals surface area contributed by atoms with Crippen molar-refractivity contribution in [3.63, 3.8) is 0 Å². The lowest BCUT2D eigenvalue weighted by molar-refractivity contribution is -0.870. The van der Waals surface area contributed by atoms with Crippen LogP contribution in [0.25, 0.3) is 0 Å². The minimum atomic E-state index is -1.64. The van der Waals surface area contributed by atoms with Gasteiger partial charge in [-0.1, -0.05) is 192 Å². The monoisotopic (exact) mass is 986 g/mol. The highest BCUT2D eigenvalue weighted by atomic mass is 16.7. The third-order valence-corrected chi connectivity index (χ3v) is 10.9. The SMILES string of the molecule is CC/C=C\C/C=C\C/C=C\C/C=C\C/C=C\C/C=C\C/C=C\C/C=C\CCCCCCCCC(=O)OC(COC(=O)CCCCCCC/C=C\C/C=C\C/C=C\CC)COC(OCC[N+](C)(C)C)C(=O)[O-]. The number of likely N-dealkylation sites (N-methyl/N-ethyl adjacent to an activating group) is 1. The number of carbonyl (C=O) groups is 3. The summed E-state index contributed by atoms with van der Waals surface area (Å²) in [6, 6.07) is 0. The van der Waals surface area contributed by atoms with Gasteiger partial charge in [-0.25, -0.2) is 0 Å². The maximum atomic E-state index is 12.8. The van der Waals surface area contributed by atoms with Gasteiger partial charge < -0.3 is 33.3 Å². The van der Waals surface area contributed by atoms with E-state index in [1.54, 1.807) is 0 Å². The summed E-state index contributed by atoms with van der Waals surface area (Å²) >= 11 is 0. The molecule has 0 aromatic carbocycles. The number of rotatable bonds is 48. The number of esters is 2. The summed E-state index contributed by atoms with van der Waals surface area (Å²) in [5.41, 5.74) is 0. The fourth-order valence-corrected chi connectivity index (χ4v) is 6.74. The Hall–Kier alpha value is -4.57. The number of quaternary nitrogens is 1. The van der Waals surface area contributed by atoms with E-state index in [0.717, 1.165) is 141 Å². The molecule has 0 aromatic heterocycles. The Bertz CT molecular complexity index is 1620. The van der Waals surface area contributed by atoms with Crippen molar-refractivity contribution in [3.8, 4) is 0 Å². The lowest BCUT2D eigenvalue weighted by Gasteiger charge is -2.26. The predicted octanol–water partition coefficient (Wildman–Crippen LogP) is 14.6. The van der Waals surface area contributed by atoms with Crippen molar-refractivity contribution in [2.24, 2.45) is 0 Å². The molecular formula is C62H99NO8. The first-order chi connectivity index (χ1) is 34.6. The Balaban J connectivity index is 4.34. The van der Waals surface area contributed by atoms with Crippen molar-refractivity contribution in [3.05, 3.63) is 134 Å². The standard InChI is InChI=1S/C62H99NO8/c1-6-8-10-12-14-16-18-20-22-23-24-25-26-27-28-29-30-31-32-33-34-35-36-37-39-41-43-45-47-49-51-53-60(65)71-58(57-70-62(61(66)67)68-55-54-63(3,4)5)56-69-59(64)52-50-48-46-44-42-40-38-21-19-17-15-13-11-9-7-2/h8-11,14-17,20-22,24-25,27-28,30-31,33-34,36-38,58,62H,6-7,12-13,18-19,23,26,29,32,35,39-57H2,1-5H3/b10-8-,11-9-,16-14-,17-15-,22-20-,25-24-,28-27-,31-30-,34-33-,37-36-,38-21-. The minimum absolute atomic E-state index is 0.133. The second-order valence-electron chi connectivity index (χ2n) is 18.8. The molecule has 9 heteroatoms. The average Bonchev–Trinajstić information content (AvgIpc) is 3.34. The van der Waals surface area contributed by atoms with Crippen LogP contribution in [-0.4, -0.2) is 82.3 Å². The highest BCUT2D eigenvalue weighted by molar-refractivity contribution is 5.70. The van der Waals surface area contributed by atoms with E-state index in [0.29, 0.717) is 23.9 Å². The smallest absolute Gasteiger partial charge is 0.306 e. The Labute approximate surface area is 433 Å². The fourth-order valence-electron chi connectivity index (χ4n) is 6.74. The maximum absolute atomic E-state index is 12.8. The highest BCUT2D eigenvalue weighted by Crippen LogP contribution is 2.13. The van der Waals surface area contributed by atoms with Crippen LogP contribution in [0.5, 0.6) is 0 Å². The van der Waals surface area contributed by atoms with Crippen molar-refractivity contribution < 1.29 is 42.9 Å². The van der Waals surface area contributed by atoms with E-state index in [2.05, 4.69) is 148 Å². The zero-order valence-corrected chi connectivity index (χ0v) is 45.3. The van der Waals surface area contributed by atoms with Gasteiger partial charge in [0.25, 0.3) is 0 Å². The van der Waals surface area contributed by atoms with Gasteiger partial charge >= 0.3 is 11.9 Å². The largest absolute Gasteiger partial charge is 0.545 e. The number of hydrogen-bond donors (Lipinski definition) is 0. The van der Waals surface area contributed by atoms with Crippen LogP contribution in [0.15, 0.2) is 134 Å². The van der Waals surface area contributed by atoms with Gasteiger partial charge in [0.2, 0.25) is 0 Å². The molecule has 0 aliphatic carbocycles. The van der Waals surface area contributed by atoms with Crippen LogP contribution < -0.4 is 5.11 Å². The van der Waals surface area contributed by atoms with Crippen molar-refractivity contribution in [1.82, 2.24) is 0 Å². The number of carboxylic acid groups (broad SMARTS) is 1. The third kappa shape index (κ3) is 53.1. The number of hydrogen-bond acceptors (Lipinski definition) is 8. The first-order valence-electron chi connectivity index (χ1n) is 27.3. The Kier molecular flexibility index (Phi) is 48.4. The zero-order valence-electron chi connectivity index (χ0n) is 45.3. The van der Waals surface area contributed by atoms with Gasteiger partial charge in [0.05, 0.1) is 40.3 Å². The molecule has 2 atom stereocenters. The summed E-state index contributed by atoms with van der Waals surface area (Å²) in [7, 11) is 5.89. The number of ether oxygens (including phenoxy) is 4. The molecule has 0 aliphatic rings. The van der Waals surface area contributed by atoms with Crippen LogP contribution in [0.2, 0.25) is 0 Å². The van der Waals surface area contributed by atoms with Crippen LogP contribution in [0.4, 0.5) is 0 Å². The van der Waals surface area contributed by atoms with E-state index in [1.165, 1.54) is 0 Å². The van der Waals surface area contributed by atoms with Crippen LogP contribution in [0, 0.1) is 0 Å². The molecule has 0 radical (unpaired) electrons. The topological polar surface area (TPSA) is 111 Å². The van der Waals surface area contributed by atoms with E-state index in [9.17, 15) is 19.5 Å². The van der Waals surface area contributed by atoms with E-state index in [1.807, 2.05) is 21.1 Å². The fraction of sp³-hybridized carbons (Fsp3) is 0.597. The lowest BCUT2D eigenvalue weighted by atomic mass is 10.1. The van der Waals surface area contributed by atoms with Crippen molar-refractivity contribution in [2.75, 3.05) is 47.5 Å². The lowest BCUT2D eigenvalue weighted by Crippen LogP contribution is -2.44. The third-order valence-electron chi connectivity index (χ3n) is 10.9. The number of carbonyl (C=O) groups excluding carboxylic acids is 3. The van der Waals surface area contributed by atoms with E-state index >= 15 is 0 Å². The van der Waals surface area contributed by atoms with Crippen molar-refractivity contribution in [2.45, 2.75) is 193 Å². The molecule has 0 aromatic rings. The van der Waals surface area contributed by atoms with Crippen LogP contribution >= 0.6 is 0 Å². The summed E-state index contributed by atoms with van der Waals surface area (Å²) in [6.07, 6.45) is 70.6. The Morgan fingerprint density at radius 2 is 0.761 bits per heavy atom. The number of allylic oxidation sites excluding steroid dienone is 22. The van der Waals surface area contributed by atoms with Gasteiger partial charge in [-0.3, -0.25) is 9.59 Å². The molecule has 0 aliphatic heterocycles.